The van der Waals surface area contributed by atoms with Gasteiger partial charge < -0.3 is 15.4 Å². The van der Waals surface area contributed by atoms with Gasteiger partial charge in [-0.2, -0.15) is 0 Å². The summed E-state index contributed by atoms with van der Waals surface area (Å²) < 4.78 is 4.91. The van der Waals surface area contributed by atoms with E-state index in [2.05, 4.69) is 6.58 Å². The number of nitrogens with zero attached hydrogens (tertiary/aromatic N) is 1. The third-order valence-corrected chi connectivity index (χ3v) is 2.36. The van der Waals surface area contributed by atoms with Crippen LogP contribution >= 0.6 is 0 Å². The SMILES string of the molecule is C=CCOC(=O)[C@@H]1CCCN1C(=O)CN. The number of hydrogen-bond acceptors (Lipinski definition) is 4. The summed E-state index contributed by atoms with van der Waals surface area (Å²) in [5, 5.41) is 0. The van der Waals surface area contributed by atoms with Crippen molar-refractivity contribution >= 4 is 11.9 Å². The second-order valence-electron chi connectivity index (χ2n) is 3.37. The molecule has 1 aliphatic rings. The minimum Gasteiger partial charge on any atom is -0.460 e. The van der Waals surface area contributed by atoms with E-state index in [0.29, 0.717) is 13.0 Å². The van der Waals surface area contributed by atoms with Gasteiger partial charge >= 0.3 is 5.97 Å². The number of esters is 1. The van der Waals surface area contributed by atoms with Crippen LogP contribution in [0.25, 0.3) is 0 Å². The van der Waals surface area contributed by atoms with Gasteiger partial charge in [-0.1, -0.05) is 12.7 Å². The van der Waals surface area contributed by atoms with Gasteiger partial charge in [-0.15, -0.1) is 0 Å². The molecule has 84 valence electrons. The summed E-state index contributed by atoms with van der Waals surface area (Å²) in [7, 11) is 0. The van der Waals surface area contributed by atoms with Gasteiger partial charge in [0, 0.05) is 6.54 Å². The Morgan fingerprint density at radius 2 is 2.33 bits per heavy atom. The molecule has 5 nitrogen and oxygen atoms in total. The van der Waals surface area contributed by atoms with Crippen LogP contribution in [-0.4, -0.2) is 42.5 Å². The lowest BCUT2D eigenvalue weighted by Gasteiger charge is -2.22. The molecule has 5 heteroatoms. The Hall–Kier alpha value is -1.36. The van der Waals surface area contributed by atoms with Crippen molar-refractivity contribution in [2.45, 2.75) is 18.9 Å². The third kappa shape index (κ3) is 2.79. The Kier molecular flexibility index (Phi) is 4.30. The molecular weight excluding hydrogens is 196 g/mol. The second kappa shape index (κ2) is 5.50. The smallest absolute Gasteiger partial charge is 0.329 e. The molecule has 1 atom stereocenters. The summed E-state index contributed by atoms with van der Waals surface area (Å²) in [6.07, 6.45) is 2.98. The Morgan fingerprint density at radius 1 is 1.60 bits per heavy atom. The molecule has 0 aliphatic carbocycles. The van der Waals surface area contributed by atoms with Crippen LogP contribution in [0.2, 0.25) is 0 Å². The highest BCUT2D eigenvalue weighted by Crippen LogP contribution is 2.18. The molecule has 0 aromatic heterocycles. The first-order valence-corrected chi connectivity index (χ1v) is 4.97. The number of carbonyl (C=O) groups is 2. The molecule has 1 rings (SSSR count). The van der Waals surface area contributed by atoms with Crippen LogP contribution in [0.1, 0.15) is 12.8 Å². The molecular formula is C10H16N2O3. The van der Waals surface area contributed by atoms with Crippen LogP contribution in [0.3, 0.4) is 0 Å². The Balaban J connectivity index is 2.55. The zero-order chi connectivity index (χ0) is 11.3. The van der Waals surface area contributed by atoms with Crippen LogP contribution in [0, 0.1) is 0 Å². The minimum absolute atomic E-state index is 0.0642. The highest BCUT2D eigenvalue weighted by Gasteiger charge is 2.34. The van der Waals surface area contributed by atoms with Gasteiger partial charge in [-0.05, 0) is 12.8 Å². The Morgan fingerprint density at radius 3 is 2.93 bits per heavy atom. The molecule has 1 saturated heterocycles. The Labute approximate surface area is 88.9 Å². The van der Waals surface area contributed by atoms with Crippen LogP contribution < -0.4 is 5.73 Å². The maximum atomic E-state index is 11.5. The van der Waals surface area contributed by atoms with E-state index in [9.17, 15) is 9.59 Å². The number of hydrogen-bond donors (Lipinski definition) is 1. The normalized spacial score (nSPS) is 20.1. The van der Waals surface area contributed by atoms with Crippen molar-refractivity contribution in [3.05, 3.63) is 12.7 Å². The number of nitrogens with two attached hydrogens (primary N) is 1. The first-order valence-electron chi connectivity index (χ1n) is 4.97. The van der Waals surface area contributed by atoms with E-state index >= 15 is 0 Å². The van der Waals surface area contributed by atoms with Gasteiger partial charge in [0.15, 0.2) is 0 Å². The first kappa shape index (κ1) is 11.7. The minimum atomic E-state index is -0.457. The molecule has 0 spiro atoms. The molecule has 1 heterocycles. The van der Waals surface area contributed by atoms with Gasteiger partial charge in [0.2, 0.25) is 5.91 Å². The summed E-state index contributed by atoms with van der Waals surface area (Å²) in [6.45, 7) is 4.16. The molecule has 1 amide bonds. The monoisotopic (exact) mass is 212 g/mol. The van der Waals surface area contributed by atoms with Gasteiger partial charge in [-0.25, -0.2) is 4.79 Å². The first-order chi connectivity index (χ1) is 7.20. The maximum absolute atomic E-state index is 11.5. The standard InChI is InChI=1S/C10H16N2O3/c1-2-6-15-10(14)8-4-3-5-12(8)9(13)7-11/h2,8H,1,3-7,11H2/t8-/m0/s1. The van der Waals surface area contributed by atoms with Gasteiger partial charge in [0.1, 0.15) is 12.6 Å². The fourth-order valence-corrected chi connectivity index (χ4v) is 1.66. The number of amides is 1. The molecule has 0 saturated carbocycles. The molecule has 0 bridgehead atoms. The quantitative estimate of drug-likeness (QED) is 0.511. The Bertz CT molecular complexity index is 265. The lowest BCUT2D eigenvalue weighted by molar-refractivity contribution is -0.152. The maximum Gasteiger partial charge on any atom is 0.329 e. The molecule has 0 aromatic carbocycles. The van der Waals surface area contributed by atoms with Crippen molar-refractivity contribution in [2.24, 2.45) is 5.73 Å². The lowest BCUT2D eigenvalue weighted by atomic mass is 10.2. The predicted octanol–water partition coefficient (Wildman–Crippen LogP) is -0.335. The second-order valence-corrected chi connectivity index (χ2v) is 3.37. The van der Waals surface area contributed by atoms with Crippen molar-refractivity contribution < 1.29 is 14.3 Å². The van der Waals surface area contributed by atoms with E-state index < -0.39 is 6.04 Å². The van der Waals surface area contributed by atoms with E-state index in [-0.39, 0.29) is 25.0 Å². The largest absolute Gasteiger partial charge is 0.460 e. The van der Waals surface area contributed by atoms with Crippen LogP contribution in [0.5, 0.6) is 0 Å². The number of ether oxygens (including phenoxy) is 1. The third-order valence-electron chi connectivity index (χ3n) is 2.36. The molecule has 15 heavy (non-hydrogen) atoms. The van der Waals surface area contributed by atoms with Gasteiger partial charge in [-0.3, -0.25) is 4.79 Å². The summed E-state index contributed by atoms with van der Waals surface area (Å²) in [6, 6.07) is -0.457. The fourth-order valence-electron chi connectivity index (χ4n) is 1.66. The lowest BCUT2D eigenvalue weighted by Crippen LogP contribution is -2.44. The van der Waals surface area contributed by atoms with Crippen molar-refractivity contribution in [3.8, 4) is 0 Å². The topological polar surface area (TPSA) is 72.6 Å². The number of likely N-dealkylation sites (tertiary alicyclic amines) is 1. The highest BCUT2D eigenvalue weighted by atomic mass is 16.5. The molecule has 2 N–H and O–H groups in total. The average molecular weight is 212 g/mol. The van der Waals surface area contributed by atoms with E-state index in [1.165, 1.54) is 11.0 Å². The van der Waals surface area contributed by atoms with Crippen LogP contribution in [0.15, 0.2) is 12.7 Å². The van der Waals surface area contributed by atoms with Crippen molar-refractivity contribution in [1.29, 1.82) is 0 Å². The summed E-state index contributed by atoms with van der Waals surface area (Å²) in [5.74, 6) is -0.567. The van der Waals surface area contributed by atoms with E-state index in [1.54, 1.807) is 0 Å². The van der Waals surface area contributed by atoms with E-state index in [0.717, 1.165) is 6.42 Å². The fraction of sp³-hybridized carbons (Fsp3) is 0.600. The zero-order valence-corrected chi connectivity index (χ0v) is 8.65. The van der Waals surface area contributed by atoms with E-state index in [1.807, 2.05) is 0 Å². The molecule has 0 aromatic rings. The van der Waals surface area contributed by atoms with Gasteiger partial charge in [0.05, 0.1) is 6.54 Å². The average Bonchev–Trinajstić information content (AvgIpc) is 2.73. The number of carbonyl (C=O) groups excluding carboxylic acids is 2. The number of rotatable bonds is 4. The van der Waals surface area contributed by atoms with Gasteiger partial charge in [0.25, 0.3) is 0 Å². The predicted molar refractivity (Wildman–Crippen MR) is 54.9 cm³/mol. The molecule has 0 radical (unpaired) electrons. The summed E-state index contributed by atoms with van der Waals surface area (Å²) in [5.41, 5.74) is 5.25. The summed E-state index contributed by atoms with van der Waals surface area (Å²) in [4.78, 5) is 24.4. The van der Waals surface area contributed by atoms with E-state index in [4.69, 9.17) is 10.5 Å². The molecule has 1 fully saturated rings. The van der Waals surface area contributed by atoms with Crippen molar-refractivity contribution in [2.75, 3.05) is 19.7 Å². The van der Waals surface area contributed by atoms with Crippen LogP contribution in [-0.2, 0) is 14.3 Å². The summed E-state index contributed by atoms with van der Waals surface area (Å²) >= 11 is 0. The van der Waals surface area contributed by atoms with Crippen molar-refractivity contribution in [1.82, 2.24) is 4.90 Å². The molecule has 0 unspecified atom stereocenters. The molecule has 1 aliphatic heterocycles. The zero-order valence-electron chi connectivity index (χ0n) is 8.65. The highest BCUT2D eigenvalue weighted by molar-refractivity contribution is 5.86. The van der Waals surface area contributed by atoms with Crippen LogP contribution in [0.4, 0.5) is 0 Å². The van der Waals surface area contributed by atoms with Crippen molar-refractivity contribution in [3.63, 3.8) is 0 Å².